The van der Waals surface area contributed by atoms with Crippen molar-refractivity contribution < 1.29 is 9.16 Å². The Morgan fingerprint density at radius 2 is 1.38 bits per heavy atom. The van der Waals surface area contributed by atoms with Gasteiger partial charge in [0.25, 0.3) is 0 Å². The molecule has 3 heteroatoms. The molecule has 1 aromatic carbocycles. The van der Waals surface area contributed by atoms with Crippen molar-refractivity contribution >= 4 is 8.32 Å². The normalized spacial score (nSPS) is 12.4. The van der Waals surface area contributed by atoms with E-state index in [4.69, 9.17) is 9.16 Å². The molecule has 0 unspecified atom stereocenters. The molecule has 0 aliphatic heterocycles. The van der Waals surface area contributed by atoms with Crippen molar-refractivity contribution in [1.29, 1.82) is 0 Å². The Kier molecular flexibility index (Phi) is 3.68. The summed E-state index contributed by atoms with van der Waals surface area (Å²) in [6.07, 6.45) is 0. The van der Waals surface area contributed by atoms with E-state index in [-0.39, 0.29) is 5.04 Å². The highest BCUT2D eigenvalue weighted by atomic mass is 28.4. The Morgan fingerprint density at radius 1 is 0.938 bits per heavy atom. The minimum atomic E-state index is -1.71. The van der Waals surface area contributed by atoms with E-state index < -0.39 is 8.32 Å². The van der Waals surface area contributed by atoms with Gasteiger partial charge in [0.05, 0.1) is 7.11 Å². The van der Waals surface area contributed by atoms with Gasteiger partial charge in [0.15, 0.2) is 0 Å². The molecule has 0 atom stereocenters. The summed E-state index contributed by atoms with van der Waals surface area (Å²) in [5, 5.41) is 0.229. The molecule has 0 saturated carbocycles. The van der Waals surface area contributed by atoms with Gasteiger partial charge >= 0.3 is 0 Å². The van der Waals surface area contributed by atoms with Crippen molar-refractivity contribution in [3.8, 4) is 11.5 Å². The predicted molar refractivity (Wildman–Crippen MR) is 70.8 cm³/mol. The van der Waals surface area contributed by atoms with E-state index in [9.17, 15) is 0 Å². The Morgan fingerprint density at radius 3 is 1.75 bits per heavy atom. The summed E-state index contributed by atoms with van der Waals surface area (Å²) in [4.78, 5) is 0. The van der Waals surface area contributed by atoms with Gasteiger partial charge in [-0.05, 0) is 42.4 Å². The first kappa shape index (κ1) is 13.1. The second-order valence-corrected chi connectivity index (χ2v) is 10.3. The van der Waals surface area contributed by atoms with E-state index in [0.29, 0.717) is 0 Å². The molecule has 0 amide bonds. The van der Waals surface area contributed by atoms with Gasteiger partial charge in [-0.2, -0.15) is 0 Å². The highest BCUT2D eigenvalue weighted by Crippen LogP contribution is 2.37. The largest absolute Gasteiger partial charge is 0.543 e. The minimum Gasteiger partial charge on any atom is -0.543 e. The monoisotopic (exact) mass is 238 g/mol. The highest BCUT2D eigenvalue weighted by molar-refractivity contribution is 6.74. The number of hydrogen-bond acceptors (Lipinski definition) is 2. The van der Waals surface area contributed by atoms with E-state index in [2.05, 4.69) is 33.9 Å². The summed E-state index contributed by atoms with van der Waals surface area (Å²) in [6.45, 7) is 11.2. The molecule has 90 valence electrons. The van der Waals surface area contributed by atoms with Crippen LogP contribution in [0.4, 0.5) is 0 Å². The molecule has 0 N–H and O–H groups in total. The van der Waals surface area contributed by atoms with Gasteiger partial charge in [-0.3, -0.25) is 0 Å². The second-order valence-electron chi connectivity index (χ2n) is 5.54. The molecular weight excluding hydrogens is 216 g/mol. The molecule has 0 aliphatic rings. The predicted octanol–water partition coefficient (Wildman–Crippen LogP) is 4.08. The van der Waals surface area contributed by atoms with Crippen molar-refractivity contribution in [1.82, 2.24) is 0 Å². The summed E-state index contributed by atoms with van der Waals surface area (Å²) in [7, 11) is -0.0438. The number of methoxy groups -OCH3 is 1. The summed E-state index contributed by atoms with van der Waals surface area (Å²) >= 11 is 0. The van der Waals surface area contributed by atoms with Crippen molar-refractivity contribution in [3.05, 3.63) is 24.3 Å². The maximum absolute atomic E-state index is 6.15. The molecule has 0 aliphatic carbocycles. The summed E-state index contributed by atoms with van der Waals surface area (Å²) in [5.74, 6) is 1.80. The number of ether oxygens (including phenoxy) is 1. The molecule has 0 saturated heterocycles. The first-order valence-corrected chi connectivity index (χ1v) is 8.50. The molecule has 16 heavy (non-hydrogen) atoms. The molecule has 0 bridgehead atoms. The van der Waals surface area contributed by atoms with E-state index in [1.54, 1.807) is 7.11 Å². The SMILES string of the molecule is COc1ccc(O[Si](C)(C)C(C)(C)C)cc1. The first-order valence-electron chi connectivity index (χ1n) is 5.59. The molecule has 0 radical (unpaired) electrons. The van der Waals surface area contributed by atoms with Gasteiger partial charge in [0, 0.05) is 0 Å². The van der Waals surface area contributed by atoms with Gasteiger partial charge in [-0.1, -0.05) is 20.8 Å². The highest BCUT2D eigenvalue weighted by Gasteiger charge is 2.38. The molecule has 1 aromatic rings. The van der Waals surface area contributed by atoms with Gasteiger partial charge in [0.2, 0.25) is 8.32 Å². The van der Waals surface area contributed by atoms with Crippen LogP contribution in [0.25, 0.3) is 0 Å². The third-order valence-corrected chi connectivity index (χ3v) is 7.60. The molecule has 0 fully saturated rings. The van der Waals surface area contributed by atoms with Crippen LogP contribution in [0.2, 0.25) is 18.1 Å². The maximum atomic E-state index is 6.15. The summed E-state index contributed by atoms with van der Waals surface area (Å²) in [5.41, 5.74) is 0. The second kappa shape index (κ2) is 4.50. The third-order valence-electron chi connectivity index (χ3n) is 3.24. The zero-order chi connectivity index (χ0) is 12.4. The molecule has 0 spiro atoms. The fraction of sp³-hybridized carbons (Fsp3) is 0.538. The lowest BCUT2D eigenvalue weighted by Gasteiger charge is -2.36. The van der Waals surface area contributed by atoms with Crippen molar-refractivity contribution in [2.75, 3.05) is 7.11 Å². The Balaban J connectivity index is 2.80. The molecule has 1 rings (SSSR count). The Bertz CT molecular complexity index is 336. The van der Waals surface area contributed by atoms with Crippen LogP contribution in [0.1, 0.15) is 20.8 Å². The summed E-state index contributed by atoms with van der Waals surface area (Å²) < 4.78 is 11.3. The zero-order valence-corrected chi connectivity index (χ0v) is 12.1. The Labute approximate surface area is 99.7 Å². The lowest BCUT2D eigenvalue weighted by Crippen LogP contribution is -2.43. The molecule has 0 aromatic heterocycles. The summed E-state index contributed by atoms with van der Waals surface area (Å²) in [6, 6.07) is 7.81. The van der Waals surface area contributed by atoms with E-state index in [1.807, 2.05) is 24.3 Å². The zero-order valence-electron chi connectivity index (χ0n) is 11.1. The van der Waals surface area contributed by atoms with Gasteiger partial charge < -0.3 is 9.16 Å². The molecule has 2 nitrogen and oxygen atoms in total. The average Bonchev–Trinajstić information content (AvgIpc) is 2.16. The average molecular weight is 238 g/mol. The lowest BCUT2D eigenvalue weighted by atomic mass is 10.2. The maximum Gasteiger partial charge on any atom is 0.250 e. The fourth-order valence-electron chi connectivity index (χ4n) is 1.09. The van der Waals surface area contributed by atoms with Crippen molar-refractivity contribution in [2.45, 2.75) is 38.9 Å². The van der Waals surface area contributed by atoms with Crippen LogP contribution in [0, 0.1) is 0 Å². The minimum absolute atomic E-state index is 0.229. The van der Waals surface area contributed by atoms with Crippen LogP contribution >= 0.6 is 0 Å². The molecular formula is C13H22O2Si. The van der Waals surface area contributed by atoms with Crippen LogP contribution in [-0.4, -0.2) is 15.4 Å². The van der Waals surface area contributed by atoms with Crippen molar-refractivity contribution in [2.24, 2.45) is 0 Å². The van der Waals surface area contributed by atoms with Gasteiger partial charge in [-0.15, -0.1) is 0 Å². The lowest BCUT2D eigenvalue weighted by molar-refractivity contribution is 0.413. The topological polar surface area (TPSA) is 18.5 Å². The van der Waals surface area contributed by atoms with Crippen LogP contribution < -0.4 is 9.16 Å². The van der Waals surface area contributed by atoms with E-state index >= 15 is 0 Å². The van der Waals surface area contributed by atoms with E-state index in [1.165, 1.54) is 0 Å². The standard InChI is InChI=1S/C13H22O2Si/c1-13(2,3)16(5,6)15-12-9-7-11(14-4)8-10-12/h7-10H,1-6H3. The van der Waals surface area contributed by atoms with Crippen LogP contribution in [0.5, 0.6) is 11.5 Å². The smallest absolute Gasteiger partial charge is 0.250 e. The van der Waals surface area contributed by atoms with Crippen LogP contribution in [-0.2, 0) is 0 Å². The van der Waals surface area contributed by atoms with Gasteiger partial charge in [0.1, 0.15) is 11.5 Å². The van der Waals surface area contributed by atoms with Crippen LogP contribution in [0.15, 0.2) is 24.3 Å². The van der Waals surface area contributed by atoms with Crippen molar-refractivity contribution in [3.63, 3.8) is 0 Å². The number of hydrogen-bond donors (Lipinski definition) is 0. The Hall–Kier alpha value is -0.963. The van der Waals surface area contributed by atoms with E-state index in [0.717, 1.165) is 11.5 Å². The number of benzene rings is 1. The quantitative estimate of drug-likeness (QED) is 0.739. The van der Waals surface area contributed by atoms with Gasteiger partial charge in [-0.25, -0.2) is 0 Å². The number of rotatable bonds is 3. The fourth-order valence-corrected chi connectivity index (χ4v) is 2.12. The third kappa shape index (κ3) is 3.01. The van der Waals surface area contributed by atoms with Crippen LogP contribution in [0.3, 0.4) is 0 Å². The molecule has 0 heterocycles. The first-order chi connectivity index (χ1) is 7.26.